The van der Waals surface area contributed by atoms with Crippen LogP contribution in [0.2, 0.25) is 0 Å². The third-order valence-corrected chi connectivity index (χ3v) is 5.20. The van der Waals surface area contributed by atoms with Crippen molar-refractivity contribution in [3.63, 3.8) is 0 Å². The molecule has 0 fully saturated rings. The van der Waals surface area contributed by atoms with E-state index in [0.717, 1.165) is 11.1 Å². The molecule has 0 radical (unpaired) electrons. The van der Waals surface area contributed by atoms with Crippen LogP contribution in [-0.2, 0) is 11.3 Å². The Hall–Kier alpha value is -3.28. The Morgan fingerprint density at radius 1 is 1.10 bits per heavy atom. The van der Waals surface area contributed by atoms with Gasteiger partial charge in [0.2, 0.25) is 0 Å². The van der Waals surface area contributed by atoms with Crippen molar-refractivity contribution in [1.82, 2.24) is 9.55 Å². The number of benzene rings is 2. The van der Waals surface area contributed by atoms with Crippen molar-refractivity contribution in [2.24, 2.45) is 0 Å². The quantitative estimate of drug-likeness (QED) is 0.598. The molecular weight excluding hydrogens is 368 g/mol. The molecule has 1 atom stereocenters. The van der Waals surface area contributed by atoms with Gasteiger partial charge in [-0.25, -0.2) is 14.3 Å². The van der Waals surface area contributed by atoms with Crippen molar-refractivity contribution in [1.29, 1.82) is 0 Å². The van der Waals surface area contributed by atoms with Gasteiger partial charge in [0.15, 0.2) is 11.5 Å². The largest absolute Gasteiger partial charge is 0.493 e. The molecule has 1 aromatic heterocycles. The first-order valence-corrected chi connectivity index (χ1v) is 9.44. The number of ether oxygens (including phenoxy) is 3. The number of carbonyl (C=O) groups is 1. The lowest BCUT2D eigenvalue weighted by Gasteiger charge is -2.17. The summed E-state index contributed by atoms with van der Waals surface area (Å²) in [5.41, 5.74) is 4.27. The van der Waals surface area contributed by atoms with Crippen molar-refractivity contribution >= 4 is 6.09 Å². The molecule has 6 heteroatoms. The second-order valence-electron chi connectivity index (χ2n) is 6.87. The van der Waals surface area contributed by atoms with E-state index < -0.39 is 6.09 Å². The normalized spacial score (nSPS) is 11.8. The van der Waals surface area contributed by atoms with Gasteiger partial charge in [0.25, 0.3) is 0 Å². The summed E-state index contributed by atoms with van der Waals surface area (Å²) in [6.07, 6.45) is 2.76. The lowest BCUT2D eigenvalue weighted by atomic mass is 9.93. The van der Waals surface area contributed by atoms with Gasteiger partial charge in [0.05, 0.1) is 14.2 Å². The Kier molecular flexibility index (Phi) is 6.22. The van der Waals surface area contributed by atoms with Crippen LogP contribution in [0.3, 0.4) is 0 Å². The van der Waals surface area contributed by atoms with Gasteiger partial charge in [-0.1, -0.05) is 37.3 Å². The average Bonchev–Trinajstić information content (AvgIpc) is 3.23. The summed E-state index contributed by atoms with van der Waals surface area (Å²) in [5, 5.41) is 0. The van der Waals surface area contributed by atoms with E-state index in [1.807, 2.05) is 25.1 Å². The summed E-state index contributed by atoms with van der Waals surface area (Å²) in [4.78, 5) is 17.2. The van der Waals surface area contributed by atoms with E-state index in [1.165, 1.54) is 15.7 Å². The highest BCUT2D eigenvalue weighted by molar-refractivity contribution is 5.71. The molecule has 0 aliphatic heterocycles. The minimum absolute atomic E-state index is 0.0520. The van der Waals surface area contributed by atoms with E-state index in [2.05, 4.69) is 31.0 Å². The van der Waals surface area contributed by atoms with E-state index in [9.17, 15) is 4.79 Å². The fraction of sp³-hybridized carbons (Fsp3) is 0.304. The maximum absolute atomic E-state index is 12.8. The van der Waals surface area contributed by atoms with Crippen molar-refractivity contribution in [3.05, 3.63) is 76.9 Å². The summed E-state index contributed by atoms with van der Waals surface area (Å²) in [6, 6.07) is 11.6. The second kappa shape index (κ2) is 8.82. The fourth-order valence-electron chi connectivity index (χ4n) is 3.45. The zero-order valence-electron chi connectivity index (χ0n) is 17.4. The number of aromatic nitrogens is 2. The van der Waals surface area contributed by atoms with Crippen LogP contribution in [0.25, 0.3) is 0 Å². The van der Waals surface area contributed by atoms with Crippen molar-refractivity contribution in [2.75, 3.05) is 14.2 Å². The van der Waals surface area contributed by atoms with Gasteiger partial charge in [-0.3, -0.25) is 0 Å². The van der Waals surface area contributed by atoms with Crippen LogP contribution >= 0.6 is 0 Å². The van der Waals surface area contributed by atoms with Gasteiger partial charge in [-0.2, -0.15) is 0 Å². The molecule has 0 bridgehead atoms. The molecule has 0 spiro atoms. The molecule has 0 saturated carbocycles. The Balaban J connectivity index is 1.81. The Morgan fingerprint density at radius 2 is 1.86 bits per heavy atom. The number of imidazole rings is 1. The number of para-hydroxylation sites is 1. The predicted molar refractivity (Wildman–Crippen MR) is 111 cm³/mol. The standard InChI is InChI=1S/C23H26N2O4/c1-15-8-6-10-19(16(15)2)17(3)22-24-12-13-25(22)23(26)29-14-18-9-7-11-20(27-4)21(18)28-5/h6-13,17H,14H2,1-5H3/t17-/m0/s1. The van der Waals surface area contributed by atoms with Crippen molar-refractivity contribution in [2.45, 2.75) is 33.3 Å². The van der Waals surface area contributed by atoms with Crippen LogP contribution < -0.4 is 9.47 Å². The summed E-state index contributed by atoms with van der Waals surface area (Å²) in [6.45, 7) is 6.27. The summed E-state index contributed by atoms with van der Waals surface area (Å²) >= 11 is 0. The molecule has 2 aromatic carbocycles. The molecule has 0 saturated heterocycles. The summed E-state index contributed by atoms with van der Waals surface area (Å²) in [5.74, 6) is 1.73. The summed E-state index contributed by atoms with van der Waals surface area (Å²) in [7, 11) is 3.13. The van der Waals surface area contributed by atoms with Crippen LogP contribution in [0.4, 0.5) is 4.79 Å². The number of aryl methyl sites for hydroxylation is 1. The third-order valence-electron chi connectivity index (χ3n) is 5.20. The number of carbonyl (C=O) groups excluding carboxylic acids is 1. The lowest BCUT2D eigenvalue weighted by molar-refractivity contribution is 0.139. The SMILES string of the molecule is COc1cccc(COC(=O)n2ccnc2[C@@H](C)c2cccc(C)c2C)c1OC. The molecule has 1 heterocycles. The van der Waals surface area contributed by atoms with Gasteiger partial charge in [0, 0.05) is 23.9 Å². The molecule has 0 aliphatic rings. The topological polar surface area (TPSA) is 62.6 Å². The molecule has 3 aromatic rings. The second-order valence-corrected chi connectivity index (χ2v) is 6.87. The summed E-state index contributed by atoms with van der Waals surface area (Å²) < 4.78 is 17.7. The van der Waals surface area contributed by atoms with Gasteiger partial charge in [-0.05, 0) is 36.6 Å². The van der Waals surface area contributed by atoms with Crippen LogP contribution in [0, 0.1) is 13.8 Å². The molecule has 0 unspecified atom stereocenters. The fourth-order valence-corrected chi connectivity index (χ4v) is 3.45. The van der Waals surface area contributed by atoms with Crippen LogP contribution in [0.1, 0.15) is 40.9 Å². The maximum atomic E-state index is 12.8. The first-order chi connectivity index (χ1) is 14.0. The van der Waals surface area contributed by atoms with Crippen molar-refractivity contribution < 1.29 is 19.0 Å². The molecule has 6 nitrogen and oxygen atoms in total. The molecule has 0 aliphatic carbocycles. The number of hydrogen-bond donors (Lipinski definition) is 0. The first-order valence-electron chi connectivity index (χ1n) is 9.44. The Bertz CT molecular complexity index is 1010. The molecule has 3 rings (SSSR count). The number of methoxy groups -OCH3 is 2. The van der Waals surface area contributed by atoms with E-state index >= 15 is 0 Å². The van der Waals surface area contributed by atoms with E-state index in [4.69, 9.17) is 14.2 Å². The highest BCUT2D eigenvalue weighted by Gasteiger charge is 2.21. The highest BCUT2D eigenvalue weighted by atomic mass is 16.6. The van der Waals surface area contributed by atoms with Crippen molar-refractivity contribution in [3.8, 4) is 11.5 Å². The van der Waals surface area contributed by atoms with E-state index in [1.54, 1.807) is 32.7 Å². The van der Waals surface area contributed by atoms with Crippen LogP contribution in [-0.4, -0.2) is 29.9 Å². The Labute approximate surface area is 171 Å². The molecular formula is C23H26N2O4. The molecule has 29 heavy (non-hydrogen) atoms. The van der Waals surface area contributed by atoms with E-state index in [-0.39, 0.29) is 12.5 Å². The molecule has 0 amide bonds. The van der Waals surface area contributed by atoms with Crippen LogP contribution in [0.15, 0.2) is 48.8 Å². The molecule has 0 N–H and O–H groups in total. The van der Waals surface area contributed by atoms with Gasteiger partial charge >= 0.3 is 6.09 Å². The highest BCUT2D eigenvalue weighted by Crippen LogP contribution is 2.31. The molecule has 152 valence electrons. The third kappa shape index (κ3) is 4.11. The first kappa shape index (κ1) is 20.5. The number of nitrogens with zero attached hydrogens (tertiary/aromatic N) is 2. The minimum Gasteiger partial charge on any atom is -0.493 e. The van der Waals surface area contributed by atoms with Gasteiger partial charge in [-0.15, -0.1) is 0 Å². The zero-order chi connectivity index (χ0) is 21.0. The van der Waals surface area contributed by atoms with Crippen LogP contribution in [0.5, 0.6) is 11.5 Å². The maximum Gasteiger partial charge on any atom is 0.419 e. The lowest BCUT2D eigenvalue weighted by Crippen LogP contribution is -2.18. The predicted octanol–water partition coefficient (Wildman–Crippen LogP) is 4.85. The minimum atomic E-state index is -0.487. The average molecular weight is 394 g/mol. The van der Waals surface area contributed by atoms with E-state index in [0.29, 0.717) is 17.3 Å². The number of rotatable bonds is 6. The van der Waals surface area contributed by atoms with Gasteiger partial charge < -0.3 is 14.2 Å². The monoisotopic (exact) mass is 394 g/mol. The zero-order valence-corrected chi connectivity index (χ0v) is 17.4. The number of hydrogen-bond acceptors (Lipinski definition) is 5. The smallest absolute Gasteiger partial charge is 0.419 e. The van der Waals surface area contributed by atoms with Gasteiger partial charge in [0.1, 0.15) is 12.4 Å². The Morgan fingerprint density at radius 3 is 2.59 bits per heavy atom.